The van der Waals surface area contributed by atoms with E-state index in [4.69, 9.17) is 0 Å². The van der Waals surface area contributed by atoms with Gasteiger partial charge in [0.15, 0.2) is 0 Å². The summed E-state index contributed by atoms with van der Waals surface area (Å²) in [7, 11) is 0. The number of hydrogen-bond acceptors (Lipinski definition) is 3. The maximum Gasteiger partial charge on any atom is 0.237 e. The normalized spacial score (nSPS) is 30.9. The van der Waals surface area contributed by atoms with Crippen molar-refractivity contribution < 1.29 is 9.90 Å². The van der Waals surface area contributed by atoms with Crippen molar-refractivity contribution in [3.05, 3.63) is 34.3 Å². The lowest BCUT2D eigenvalue weighted by Crippen LogP contribution is -2.72. The first-order valence-electron chi connectivity index (χ1n) is 6.10. The van der Waals surface area contributed by atoms with Crippen LogP contribution < -0.4 is 5.32 Å². The number of carbonyl (C=O) groups excluding carboxylic acids is 1. The smallest absolute Gasteiger partial charge is 0.237 e. The second-order valence-electron chi connectivity index (χ2n) is 4.83. The minimum atomic E-state index is -0.0641. The molecule has 3 rings (SSSR count). The third-order valence-electron chi connectivity index (χ3n) is 3.90. The highest BCUT2D eigenvalue weighted by Gasteiger charge is 2.52. The largest absolute Gasteiger partial charge is 0.394 e. The molecule has 0 aliphatic carbocycles. The number of hydrogen-bond donors (Lipinski definition) is 2. The molecule has 2 saturated heterocycles. The van der Waals surface area contributed by atoms with Gasteiger partial charge in [0.1, 0.15) is 0 Å². The summed E-state index contributed by atoms with van der Waals surface area (Å²) in [4.78, 5) is 13.6. The maximum absolute atomic E-state index is 11.8. The van der Waals surface area contributed by atoms with Crippen LogP contribution in [-0.4, -0.2) is 47.7 Å². The average Bonchev–Trinajstić information content (AvgIpc) is 2.34. The number of rotatable bonds is 2. The molecule has 0 saturated carbocycles. The van der Waals surface area contributed by atoms with Gasteiger partial charge in [-0.15, -0.1) is 0 Å². The fraction of sp³-hybridized carbons (Fsp3) is 0.462. The fourth-order valence-corrected chi connectivity index (χ4v) is 3.36. The van der Waals surface area contributed by atoms with Gasteiger partial charge >= 0.3 is 0 Å². The zero-order chi connectivity index (χ0) is 12.7. The van der Waals surface area contributed by atoms with Gasteiger partial charge in [-0.3, -0.25) is 4.79 Å². The zero-order valence-electron chi connectivity index (χ0n) is 9.84. The molecule has 1 aromatic rings. The molecular formula is C13H15BrN2O2. The second-order valence-corrected chi connectivity index (χ2v) is 5.74. The number of fused-ring (bicyclic) bond motifs is 1. The van der Waals surface area contributed by atoms with E-state index in [0.29, 0.717) is 6.54 Å². The predicted molar refractivity (Wildman–Crippen MR) is 71.3 cm³/mol. The fourth-order valence-electron chi connectivity index (χ4n) is 3.09. The van der Waals surface area contributed by atoms with Gasteiger partial charge in [-0.2, -0.15) is 0 Å². The molecule has 2 fully saturated rings. The Hall–Kier alpha value is -0.910. The highest BCUT2D eigenvalue weighted by molar-refractivity contribution is 9.10. The van der Waals surface area contributed by atoms with E-state index in [1.54, 1.807) is 0 Å². The van der Waals surface area contributed by atoms with Crippen molar-refractivity contribution in [2.24, 2.45) is 0 Å². The molecule has 2 aliphatic heterocycles. The molecule has 96 valence electrons. The van der Waals surface area contributed by atoms with Crippen molar-refractivity contribution in [2.75, 3.05) is 19.7 Å². The average molecular weight is 311 g/mol. The molecule has 4 nitrogen and oxygen atoms in total. The molecular weight excluding hydrogens is 296 g/mol. The quantitative estimate of drug-likeness (QED) is 0.846. The van der Waals surface area contributed by atoms with Crippen LogP contribution in [0.3, 0.4) is 0 Å². The van der Waals surface area contributed by atoms with Gasteiger partial charge in [0, 0.05) is 16.9 Å². The van der Waals surface area contributed by atoms with E-state index in [1.165, 1.54) is 5.56 Å². The van der Waals surface area contributed by atoms with Gasteiger partial charge in [-0.1, -0.05) is 28.1 Å². The summed E-state index contributed by atoms with van der Waals surface area (Å²) in [5, 5.41) is 12.6. The Labute approximate surface area is 114 Å². The molecule has 5 heteroatoms. The number of halogens is 1. The molecule has 18 heavy (non-hydrogen) atoms. The summed E-state index contributed by atoms with van der Waals surface area (Å²) >= 11 is 3.42. The number of amides is 1. The molecule has 2 aliphatic rings. The van der Waals surface area contributed by atoms with E-state index >= 15 is 0 Å². The first-order valence-corrected chi connectivity index (χ1v) is 6.90. The third kappa shape index (κ3) is 1.77. The Morgan fingerprint density at radius 3 is 2.78 bits per heavy atom. The Balaban J connectivity index is 1.88. The summed E-state index contributed by atoms with van der Waals surface area (Å²) in [6, 6.07) is 8.26. The summed E-state index contributed by atoms with van der Waals surface area (Å²) in [5.41, 5.74) is 1.19. The Morgan fingerprint density at radius 1 is 1.39 bits per heavy atom. The standard InChI is InChI=1S/C13H15BrN2O2/c14-9-3-1-8(2-4-9)13-10-5-15-6-12(18)16(10)11(13)7-17/h1-4,10-11,13,15,17H,5-7H2/t10-,11-,13-/m1/s1. The van der Waals surface area contributed by atoms with Crippen LogP contribution in [0.2, 0.25) is 0 Å². The lowest BCUT2D eigenvalue weighted by atomic mass is 9.74. The van der Waals surface area contributed by atoms with E-state index in [9.17, 15) is 9.90 Å². The topological polar surface area (TPSA) is 52.6 Å². The number of piperazine rings is 1. The van der Waals surface area contributed by atoms with E-state index in [2.05, 4.69) is 33.4 Å². The third-order valence-corrected chi connectivity index (χ3v) is 4.43. The highest BCUT2D eigenvalue weighted by Crippen LogP contribution is 2.41. The first-order chi connectivity index (χ1) is 8.72. The Bertz CT molecular complexity index is 457. The molecule has 0 bridgehead atoms. The monoisotopic (exact) mass is 310 g/mol. The highest BCUT2D eigenvalue weighted by atomic mass is 79.9. The van der Waals surface area contributed by atoms with Crippen molar-refractivity contribution in [2.45, 2.75) is 18.0 Å². The Kier molecular flexibility index (Phi) is 3.13. The number of carbonyl (C=O) groups is 1. The zero-order valence-corrected chi connectivity index (χ0v) is 11.4. The lowest BCUT2D eigenvalue weighted by molar-refractivity contribution is -0.153. The van der Waals surface area contributed by atoms with Gasteiger partial charge in [-0.25, -0.2) is 0 Å². The molecule has 0 aromatic heterocycles. The number of nitrogens with one attached hydrogen (secondary N) is 1. The summed E-state index contributed by atoms with van der Waals surface area (Å²) < 4.78 is 1.04. The van der Waals surface area contributed by atoms with Gasteiger partial charge in [0.2, 0.25) is 5.91 Å². The van der Waals surface area contributed by atoms with Crippen LogP contribution in [0.15, 0.2) is 28.7 Å². The maximum atomic E-state index is 11.8. The van der Waals surface area contributed by atoms with Crippen molar-refractivity contribution in [1.29, 1.82) is 0 Å². The minimum absolute atomic E-state index is 0.0307. The van der Waals surface area contributed by atoms with Crippen LogP contribution in [-0.2, 0) is 4.79 Å². The van der Waals surface area contributed by atoms with Gasteiger partial charge in [0.25, 0.3) is 0 Å². The number of benzene rings is 1. The first kappa shape index (κ1) is 12.1. The summed E-state index contributed by atoms with van der Waals surface area (Å²) in [6.45, 7) is 1.23. The van der Waals surface area contributed by atoms with Crippen LogP contribution in [0.1, 0.15) is 11.5 Å². The molecule has 3 atom stereocenters. The van der Waals surface area contributed by atoms with Crippen molar-refractivity contribution in [1.82, 2.24) is 10.2 Å². The van der Waals surface area contributed by atoms with Crippen LogP contribution in [0, 0.1) is 0 Å². The summed E-state index contributed by atoms with van der Waals surface area (Å²) in [5.74, 6) is 0.332. The molecule has 2 heterocycles. The SMILES string of the molecule is O=C1CNC[C@@H]2[C@@H](c3ccc(Br)cc3)[C@@H](CO)N12. The minimum Gasteiger partial charge on any atom is -0.394 e. The Morgan fingerprint density at radius 2 is 2.11 bits per heavy atom. The van der Waals surface area contributed by atoms with Crippen LogP contribution in [0.25, 0.3) is 0 Å². The predicted octanol–water partition coefficient (Wildman–Crippen LogP) is 0.708. The molecule has 2 N–H and O–H groups in total. The van der Waals surface area contributed by atoms with Gasteiger partial charge in [0.05, 0.1) is 25.2 Å². The molecule has 0 radical (unpaired) electrons. The lowest BCUT2D eigenvalue weighted by Gasteiger charge is -2.57. The summed E-state index contributed by atoms with van der Waals surface area (Å²) in [6.07, 6.45) is 0. The van der Waals surface area contributed by atoms with Crippen molar-refractivity contribution >= 4 is 21.8 Å². The van der Waals surface area contributed by atoms with Crippen molar-refractivity contribution in [3.63, 3.8) is 0 Å². The number of aliphatic hydroxyl groups excluding tert-OH is 1. The molecule has 1 aromatic carbocycles. The van der Waals surface area contributed by atoms with Crippen LogP contribution in [0.5, 0.6) is 0 Å². The van der Waals surface area contributed by atoms with E-state index in [0.717, 1.165) is 11.0 Å². The molecule has 0 unspecified atom stereocenters. The van der Waals surface area contributed by atoms with Gasteiger partial charge in [-0.05, 0) is 17.7 Å². The van der Waals surface area contributed by atoms with E-state index in [-0.39, 0.29) is 30.5 Å². The van der Waals surface area contributed by atoms with Gasteiger partial charge < -0.3 is 15.3 Å². The number of aliphatic hydroxyl groups is 1. The van der Waals surface area contributed by atoms with Crippen LogP contribution >= 0.6 is 15.9 Å². The van der Waals surface area contributed by atoms with E-state index in [1.807, 2.05) is 17.0 Å². The molecule has 1 amide bonds. The van der Waals surface area contributed by atoms with E-state index < -0.39 is 0 Å². The second kappa shape index (κ2) is 4.64. The number of nitrogens with zero attached hydrogens (tertiary/aromatic N) is 1. The van der Waals surface area contributed by atoms with Crippen molar-refractivity contribution in [3.8, 4) is 0 Å². The van der Waals surface area contributed by atoms with Crippen LogP contribution in [0.4, 0.5) is 0 Å². The molecule has 0 spiro atoms.